The van der Waals surface area contributed by atoms with Crippen LogP contribution in [0.2, 0.25) is 0 Å². The van der Waals surface area contributed by atoms with Crippen molar-refractivity contribution in [2.24, 2.45) is 0 Å². The first-order valence-electron chi connectivity index (χ1n) is 8.00. The van der Waals surface area contributed by atoms with Crippen molar-refractivity contribution in [2.45, 2.75) is 5.25 Å². The number of halogens is 1. The van der Waals surface area contributed by atoms with Crippen LogP contribution in [-0.4, -0.2) is 11.7 Å². The fourth-order valence-electron chi connectivity index (χ4n) is 2.55. The molecule has 0 saturated heterocycles. The molecule has 0 atom stereocenters. The van der Waals surface area contributed by atoms with Crippen molar-refractivity contribution in [1.82, 2.24) is 0 Å². The molecule has 0 radical (unpaired) electrons. The molecular weight excluding hydrogens is 333 g/mol. The molecule has 3 aromatic carbocycles. The molecule has 0 fully saturated rings. The predicted octanol–water partition coefficient (Wildman–Crippen LogP) is 5.29. The van der Waals surface area contributed by atoms with Gasteiger partial charge in [0.15, 0.2) is 0 Å². The Hall–Kier alpha value is -2.59. The van der Waals surface area contributed by atoms with E-state index in [1.165, 1.54) is 17.8 Å². The van der Waals surface area contributed by atoms with Gasteiger partial charge in [-0.25, -0.2) is 4.39 Å². The highest BCUT2D eigenvalue weighted by atomic mass is 32.2. The molecule has 0 saturated carbocycles. The Morgan fingerprint density at radius 1 is 0.840 bits per heavy atom. The molecule has 0 spiro atoms. The zero-order valence-electron chi connectivity index (χ0n) is 13.6. The Labute approximate surface area is 151 Å². The molecule has 0 aromatic heterocycles. The Morgan fingerprint density at radius 2 is 1.36 bits per heavy atom. The van der Waals surface area contributed by atoms with E-state index in [4.69, 9.17) is 0 Å². The summed E-state index contributed by atoms with van der Waals surface area (Å²) >= 11 is 1.53. The zero-order chi connectivity index (χ0) is 17.5. The molecule has 2 nitrogen and oxygen atoms in total. The molecule has 1 amide bonds. The molecule has 126 valence electrons. The Kier molecular flexibility index (Phi) is 5.86. The van der Waals surface area contributed by atoms with Gasteiger partial charge in [0.05, 0.1) is 16.7 Å². The second kappa shape index (κ2) is 8.49. The minimum Gasteiger partial charge on any atom is -0.323 e. The standard InChI is InChI=1S/C21H18FNOS/c22-18-13-7-8-14-19(18)23-20(24)15-25-21(16-9-3-1-4-10-16)17-11-5-2-6-12-17/h1-14,21H,15H2,(H,23,24). The van der Waals surface area contributed by atoms with Crippen molar-refractivity contribution in [3.05, 3.63) is 102 Å². The predicted molar refractivity (Wildman–Crippen MR) is 102 cm³/mol. The third-order valence-electron chi connectivity index (χ3n) is 3.73. The Bertz CT molecular complexity index is 784. The lowest BCUT2D eigenvalue weighted by Gasteiger charge is -2.17. The van der Waals surface area contributed by atoms with Gasteiger partial charge in [0.2, 0.25) is 5.91 Å². The van der Waals surface area contributed by atoms with Crippen LogP contribution in [0.25, 0.3) is 0 Å². The molecule has 0 aliphatic carbocycles. The van der Waals surface area contributed by atoms with Crippen molar-refractivity contribution in [3.8, 4) is 0 Å². The van der Waals surface area contributed by atoms with Gasteiger partial charge < -0.3 is 5.32 Å². The summed E-state index contributed by atoms with van der Waals surface area (Å²) in [6.07, 6.45) is 0. The normalized spacial score (nSPS) is 10.6. The number of rotatable bonds is 6. The van der Waals surface area contributed by atoms with Gasteiger partial charge in [0, 0.05) is 0 Å². The Morgan fingerprint density at radius 3 is 1.92 bits per heavy atom. The second-order valence-corrected chi connectivity index (χ2v) is 6.63. The lowest BCUT2D eigenvalue weighted by molar-refractivity contribution is -0.113. The summed E-state index contributed by atoms with van der Waals surface area (Å²) in [4.78, 5) is 12.2. The van der Waals surface area contributed by atoms with Crippen molar-refractivity contribution in [2.75, 3.05) is 11.1 Å². The summed E-state index contributed by atoms with van der Waals surface area (Å²) < 4.78 is 13.7. The van der Waals surface area contributed by atoms with Gasteiger partial charge in [-0.05, 0) is 23.3 Å². The van der Waals surface area contributed by atoms with Gasteiger partial charge in [-0.1, -0.05) is 72.8 Å². The van der Waals surface area contributed by atoms with Crippen LogP contribution in [0.3, 0.4) is 0 Å². The summed E-state index contributed by atoms with van der Waals surface area (Å²) in [5, 5.41) is 2.68. The van der Waals surface area contributed by atoms with Crippen LogP contribution in [0.5, 0.6) is 0 Å². The molecule has 3 rings (SSSR count). The van der Waals surface area contributed by atoms with E-state index in [0.29, 0.717) is 0 Å². The lowest BCUT2D eigenvalue weighted by Crippen LogP contribution is -2.16. The van der Waals surface area contributed by atoms with Gasteiger partial charge in [-0.3, -0.25) is 4.79 Å². The number of amides is 1. The molecule has 4 heteroatoms. The van der Waals surface area contributed by atoms with Crippen LogP contribution in [0, 0.1) is 5.82 Å². The maximum absolute atomic E-state index is 13.7. The van der Waals surface area contributed by atoms with Gasteiger partial charge in [0.1, 0.15) is 5.82 Å². The van der Waals surface area contributed by atoms with Crippen LogP contribution >= 0.6 is 11.8 Å². The topological polar surface area (TPSA) is 29.1 Å². The first-order chi connectivity index (χ1) is 12.2. The van der Waals surface area contributed by atoms with Crippen molar-refractivity contribution >= 4 is 23.4 Å². The van der Waals surface area contributed by atoms with Crippen molar-refractivity contribution in [1.29, 1.82) is 0 Å². The molecule has 0 unspecified atom stereocenters. The highest BCUT2D eigenvalue weighted by Crippen LogP contribution is 2.35. The van der Waals surface area contributed by atoms with Crippen LogP contribution in [-0.2, 0) is 4.79 Å². The number of thioether (sulfide) groups is 1. The van der Waals surface area contributed by atoms with E-state index in [0.717, 1.165) is 11.1 Å². The quantitative estimate of drug-likeness (QED) is 0.654. The van der Waals surface area contributed by atoms with E-state index >= 15 is 0 Å². The van der Waals surface area contributed by atoms with E-state index in [1.54, 1.807) is 18.2 Å². The molecule has 0 aliphatic heterocycles. The highest BCUT2D eigenvalue weighted by molar-refractivity contribution is 8.00. The summed E-state index contributed by atoms with van der Waals surface area (Å²) in [5.41, 5.74) is 2.49. The third-order valence-corrected chi connectivity index (χ3v) is 5.04. The number of anilines is 1. The van der Waals surface area contributed by atoms with Gasteiger partial charge in [-0.15, -0.1) is 11.8 Å². The fraction of sp³-hybridized carbons (Fsp3) is 0.0952. The molecule has 3 aromatic rings. The smallest absolute Gasteiger partial charge is 0.234 e. The van der Waals surface area contributed by atoms with E-state index < -0.39 is 5.82 Å². The molecular formula is C21H18FNOS. The molecule has 0 bridgehead atoms. The summed E-state index contributed by atoms with van der Waals surface area (Å²) in [7, 11) is 0. The van der Waals surface area contributed by atoms with E-state index in [-0.39, 0.29) is 22.6 Å². The number of para-hydroxylation sites is 1. The third kappa shape index (κ3) is 4.70. The SMILES string of the molecule is O=C(CSC(c1ccccc1)c1ccccc1)Nc1ccccc1F. The summed E-state index contributed by atoms with van der Waals surface area (Å²) in [6, 6.07) is 26.3. The number of benzene rings is 3. The van der Waals surface area contributed by atoms with E-state index in [2.05, 4.69) is 29.6 Å². The molecule has 25 heavy (non-hydrogen) atoms. The van der Waals surface area contributed by atoms with Crippen LogP contribution < -0.4 is 5.32 Å². The van der Waals surface area contributed by atoms with E-state index in [1.807, 2.05) is 36.4 Å². The molecule has 0 heterocycles. The summed E-state index contributed by atoms with van der Waals surface area (Å²) in [5.74, 6) is -0.404. The van der Waals surface area contributed by atoms with Gasteiger partial charge >= 0.3 is 0 Å². The average molecular weight is 351 g/mol. The van der Waals surface area contributed by atoms with Gasteiger partial charge in [-0.2, -0.15) is 0 Å². The number of hydrogen-bond donors (Lipinski definition) is 1. The molecule has 1 N–H and O–H groups in total. The minimum atomic E-state index is -0.427. The van der Waals surface area contributed by atoms with Crippen LogP contribution in [0.15, 0.2) is 84.9 Å². The van der Waals surface area contributed by atoms with Gasteiger partial charge in [0.25, 0.3) is 0 Å². The maximum atomic E-state index is 13.7. The largest absolute Gasteiger partial charge is 0.323 e. The second-order valence-electron chi connectivity index (χ2n) is 5.54. The number of hydrogen-bond acceptors (Lipinski definition) is 2. The average Bonchev–Trinajstić information content (AvgIpc) is 2.66. The molecule has 0 aliphatic rings. The summed E-state index contributed by atoms with van der Waals surface area (Å²) in [6.45, 7) is 0. The zero-order valence-corrected chi connectivity index (χ0v) is 14.4. The number of nitrogens with one attached hydrogen (secondary N) is 1. The van der Waals surface area contributed by atoms with Crippen LogP contribution in [0.4, 0.5) is 10.1 Å². The minimum absolute atomic E-state index is 0.0498. The van der Waals surface area contributed by atoms with Crippen molar-refractivity contribution in [3.63, 3.8) is 0 Å². The van der Waals surface area contributed by atoms with E-state index in [9.17, 15) is 9.18 Å². The number of carbonyl (C=O) groups is 1. The Balaban J connectivity index is 1.71. The van der Waals surface area contributed by atoms with Crippen molar-refractivity contribution < 1.29 is 9.18 Å². The first kappa shape index (κ1) is 17.2. The maximum Gasteiger partial charge on any atom is 0.234 e. The van der Waals surface area contributed by atoms with Crippen LogP contribution in [0.1, 0.15) is 16.4 Å². The first-order valence-corrected chi connectivity index (χ1v) is 9.05. The number of carbonyl (C=O) groups excluding carboxylic acids is 1. The highest BCUT2D eigenvalue weighted by Gasteiger charge is 2.16. The lowest BCUT2D eigenvalue weighted by atomic mass is 10.0. The monoisotopic (exact) mass is 351 g/mol. The fourth-order valence-corrected chi connectivity index (χ4v) is 3.64.